The van der Waals surface area contributed by atoms with Crippen LogP contribution in [0.4, 0.5) is 0 Å². The fraction of sp³-hybridized carbons (Fsp3) is 0.308. The van der Waals surface area contributed by atoms with E-state index in [4.69, 9.17) is 11.6 Å². The molecule has 90 valence electrons. The zero-order chi connectivity index (χ0) is 12.1. The van der Waals surface area contributed by atoms with Crippen molar-refractivity contribution >= 4 is 22.9 Å². The van der Waals surface area contributed by atoms with Crippen LogP contribution in [-0.2, 0) is 6.42 Å². The van der Waals surface area contributed by atoms with E-state index in [9.17, 15) is 0 Å². The third-order valence-electron chi connectivity index (χ3n) is 2.68. The molecule has 0 bridgehead atoms. The molecule has 0 aliphatic carbocycles. The van der Waals surface area contributed by atoms with Gasteiger partial charge in [0.1, 0.15) is 0 Å². The number of halogens is 1. The van der Waals surface area contributed by atoms with Crippen LogP contribution in [0.2, 0.25) is 5.02 Å². The first kappa shape index (κ1) is 12.6. The summed E-state index contributed by atoms with van der Waals surface area (Å²) in [5, 5.41) is 8.52. The molecule has 0 aromatic carbocycles. The van der Waals surface area contributed by atoms with Gasteiger partial charge in [0.15, 0.2) is 0 Å². The van der Waals surface area contributed by atoms with Crippen molar-refractivity contribution in [3.05, 3.63) is 51.4 Å². The number of nitrogens with one attached hydrogen (secondary N) is 1. The molecular weight excluding hydrogens is 252 g/mol. The Morgan fingerprint density at radius 1 is 1.47 bits per heavy atom. The van der Waals surface area contributed by atoms with Gasteiger partial charge in [-0.15, -0.1) is 0 Å². The normalized spacial score (nSPS) is 12.6. The third-order valence-corrected chi connectivity index (χ3v) is 3.72. The Labute approximate surface area is 111 Å². The van der Waals surface area contributed by atoms with Crippen molar-refractivity contribution in [1.82, 2.24) is 10.3 Å². The molecule has 1 atom stereocenters. The summed E-state index contributed by atoms with van der Waals surface area (Å²) in [4.78, 5) is 4.01. The Morgan fingerprint density at radius 3 is 3.00 bits per heavy atom. The summed E-state index contributed by atoms with van der Waals surface area (Å²) >= 11 is 7.87. The molecule has 2 aromatic rings. The molecule has 0 aliphatic rings. The quantitative estimate of drug-likeness (QED) is 0.893. The highest BCUT2D eigenvalue weighted by molar-refractivity contribution is 7.07. The second-order valence-corrected chi connectivity index (χ2v) is 5.03. The number of thiophene rings is 1. The zero-order valence-corrected chi connectivity index (χ0v) is 11.3. The lowest BCUT2D eigenvalue weighted by molar-refractivity contribution is 0.551. The fourth-order valence-corrected chi connectivity index (χ4v) is 2.73. The van der Waals surface area contributed by atoms with E-state index in [-0.39, 0.29) is 0 Å². The van der Waals surface area contributed by atoms with Crippen LogP contribution in [0.15, 0.2) is 35.3 Å². The molecule has 17 heavy (non-hydrogen) atoms. The number of rotatable bonds is 5. The summed E-state index contributed by atoms with van der Waals surface area (Å²) < 4.78 is 0. The molecule has 1 unspecified atom stereocenters. The van der Waals surface area contributed by atoms with Gasteiger partial charge in [-0.1, -0.05) is 18.5 Å². The fourth-order valence-electron chi connectivity index (χ4n) is 1.82. The molecular formula is C13H15ClN2S. The Balaban J connectivity index is 2.16. The number of likely N-dealkylation sites (N-methyl/N-ethyl adjacent to an activating group) is 1. The van der Waals surface area contributed by atoms with Gasteiger partial charge >= 0.3 is 0 Å². The molecule has 4 heteroatoms. The predicted molar refractivity (Wildman–Crippen MR) is 73.7 cm³/mol. The van der Waals surface area contributed by atoms with Gasteiger partial charge in [0.05, 0.1) is 5.02 Å². The van der Waals surface area contributed by atoms with Gasteiger partial charge in [-0.05, 0) is 47.0 Å². The summed E-state index contributed by atoms with van der Waals surface area (Å²) in [7, 11) is 0. The second kappa shape index (κ2) is 6.15. The van der Waals surface area contributed by atoms with Crippen LogP contribution in [0, 0.1) is 0 Å². The Bertz CT molecular complexity index is 456. The first-order chi connectivity index (χ1) is 8.31. The SMILES string of the molecule is CCNC(Cc1ccncc1Cl)c1ccsc1. The minimum absolute atomic E-state index is 0.325. The predicted octanol–water partition coefficient (Wildman–Crippen LogP) is 3.69. The number of nitrogens with zero attached hydrogens (tertiary/aromatic N) is 1. The van der Waals surface area contributed by atoms with E-state index in [1.807, 2.05) is 6.07 Å². The average Bonchev–Trinajstić information content (AvgIpc) is 2.85. The topological polar surface area (TPSA) is 24.9 Å². The van der Waals surface area contributed by atoms with Gasteiger partial charge < -0.3 is 5.32 Å². The first-order valence-electron chi connectivity index (χ1n) is 5.65. The summed E-state index contributed by atoms with van der Waals surface area (Å²) in [5.41, 5.74) is 2.46. The van der Waals surface area contributed by atoms with E-state index >= 15 is 0 Å². The number of pyridine rings is 1. The summed E-state index contributed by atoms with van der Waals surface area (Å²) in [5.74, 6) is 0. The monoisotopic (exact) mass is 266 g/mol. The van der Waals surface area contributed by atoms with Crippen molar-refractivity contribution in [3.8, 4) is 0 Å². The highest BCUT2D eigenvalue weighted by atomic mass is 35.5. The highest BCUT2D eigenvalue weighted by Gasteiger charge is 2.13. The maximum absolute atomic E-state index is 6.14. The van der Waals surface area contributed by atoms with E-state index < -0.39 is 0 Å². The van der Waals surface area contributed by atoms with Gasteiger partial charge in [-0.25, -0.2) is 0 Å². The minimum atomic E-state index is 0.325. The first-order valence-corrected chi connectivity index (χ1v) is 6.97. The molecule has 2 nitrogen and oxygen atoms in total. The molecule has 0 saturated heterocycles. The van der Waals surface area contributed by atoms with Crippen LogP contribution >= 0.6 is 22.9 Å². The highest BCUT2D eigenvalue weighted by Crippen LogP contribution is 2.24. The van der Waals surface area contributed by atoms with E-state index in [0.29, 0.717) is 6.04 Å². The van der Waals surface area contributed by atoms with Crippen LogP contribution < -0.4 is 5.32 Å². The van der Waals surface area contributed by atoms with Gasteiger partial charge in [0, 0.05) is 18.4 Å². The smallest absolute Gasteiger partial charge is 0.0622 e. The van der Waals surface area contributed by atoms with Crippen LogP contribution in [-0.4, -0.2) is 11.5 Å². The second-order valence-electron chi connectivity index (χ2n) is 3.84. The third kappa shape index (κ3) is 3.28. The molecule has 0 aliphatic heterocycles. The molecule has 2 heterocycles. The Morgan fingerprint density at radius 2 is 2.35 bits per heavy atom. The Kier molecular flexibility index (Phi) is 4.54. The van der Waals surface area contributed by atoms with Gasteiger partial charge in [0.2, 0.25) is 0 Å². The van der Waals surface area contributed by atoms with Crippen molar-refractivity contribution in [2.75, 3.05) is 6.54 Å². The molecule has 0 spiro atoms. The summed E-state index contributed by atoms with van der Waals surface area (Å²) in [6.45, 7) is 3.07. The average molecular weight is 267 g/mol. The standard InChI is InChI=1S/C13H15ClN2S/c1-2-16-13(11-4-6-17-9-11)7-10-3-5-15-8-12(10)14/h3-6,8-9,13,16H,2,7H2,1H3. The van der Waals surface area contributed by atoms with E-state index in [2.05, 4.69) is 34.1 Å². The lowest BCUT2D eigenvalue weighted by Gasteiger charge is -2.17. The minimum Gasteiger partial charge on any atom is -0.310 e. The van der Waals surface area contributed by atoms with Crippen molar-refractivity contribution in [3.63, 3.8) is 0 Å². The molecule has 0 amide bonds. The van der Waals surface area contributed by atoms with E-state index in [1.54, 1.807) is 23.7 Å². The lowest BCUT2D eigenvalue weighted by atomic mass is 10.0. The largest absolute Gasteiger partial charge is 0.310 e. The number of hydrogen-bond donors (Lipinski definition) is 1. The molecule has 1 N–H and O–H groups in total. The van der Waals surface area contributed by atoms with Crippen LogP contribution in [0.3, 0.4) is 0 Å². The molecule has 2 rings (SSSR count). The van der Waals surface area contributed by atoms with E-state index in [1.165, 1.54) is 5.56 Å². The van der Waals surface area contributed by atoms with Crippen LogP contribution in [0.1, 0.15) is 24.1 Å². The van der Waals surface area contributed by atoms with Crippen LogP contribution in [0.5, 0.6) is 0 Å². The molecule has 2 aromatic heterocycles. The summed E-state index contributed by atoms with van der Waals surface area (Å²) in [6.07, 6.45) is 4.39. The van der Waals surface area contributed by atoms with Crippen LogP contribution in [0.25, 0.3) is 0 Å². The zero-order valence-electron chi connectivity index (χ0n) is 9.69. The number of hydrogen-bond acceptors (Lipinski definition) is 3. The molecule has 0 saturated carbocycles. The number of aromatic nitrogens is 1. The van der Waals surface area contributed by atoms with Gasteiger partial charge in [0.25, 0.3) is 0 Å². The maximum atomic E-state index is 6.14. The van der Waals surface area contributed by atoms with Gasteiger partial charge in [-0.2, -0.15) is 11.3 Å². The summed E-state index contributed by atoms with van der Waals surface area (Å²) in [6, 6.07) is 4.47. The molecule has 0 radical (unpaired) electrons. The van der Waals surface area contributed by atoms with Crippen molar-refractivity contribution < 1.29 is 0 Å². The molecule has 0 fully saturated rings. The van der Waals surface area contributed by atoms with Crippen molar-refractivity contribution in [2.24, 2.45) is 0 Å². The maximum Gasteiger partial charge on any atom is 0.0622 e. The Hall–Kier alpha value is -0.900. The van der Waals surface area contributed by atoms with Crippen molar-refractivity contribution in [2.45, 2.75) is 19.4 Å². The van der Waals surface area contributed by atoms with Gasteiger partial charge in [-0.3, -0.25) is 4.98 Å². The van der Waals surface area contributed by atoms with E-state index in [0.717, 1.165) is 23.6 Å². The lowest BCUT2D eigenvalue weighted by Crippen LogP contribution is -2.22. The van der Waals surface area contributed by atoms with Crippen molar-refractivity contribution in [1.29, 1.82) is 0 Å².